The summed E-state index contributed by atoms with van der Waals surface area (Å²) in [6, 6.07) is 10.8. The van der Waals surface area contributed by atoms with Crippen molar-refractivity contribution < 1.29 is 23.9 Å². The van der Waals surface area contributed by atoms with Gasteiger partial charge in [0.1, 0.15) is 0 Å². The minimum absolute atomic E-state index is 0.0630. The third-order valence-electron chi connectivity index (χ3n) is 3.18. The molecule has 4 N–H and O–H groups in total. The molecule has 0 saturated carbocycles. The van der Waals surface area contributed by atoms with E-state index in [9.17, 15) is 14.3 Å². The summed E-state index contributed by atoms with van der Waals surface area (Å²) in [5.74, 6) is -1.65. The Bertz CT molecular complexity index is 686. The first-order chi connectivity index (χ1) is 10.4. The van der Waals surface area contributed by atoms with Gasteiger partial charge in [0.15, 0.2) is 5.76 Å². The Morgan fingerprint density at radius 2 is 2.05 bits per heavy atom. The maximum atomic E-state index is 12.2. The molecular formula is C14H17N2O5P. The van der Waals surface area contributed by atoms with E-state index in [-0.39, 0.29) is 19.0 Å². The predicted octanol–water partition coefficient (Wildman–Crippen LogP) is 2.26. The van der Waals surface area contributed by atoms with Crippen LogP contribution in [-0.4, -0.2) is 26.9 Å². The normalized spacial score (nSPS) is 15.2. The lowest BCUT2D eigenvalue weighted by Crippen LogP contribution is -2.22. The Balaban J connectivity index is 2.05. The number of carbonyl (C=O) groups is 1. The summed E-state index contributed by atoms with van der Waals surface area (Å²) in [6.45, 7) is 0. The highest BCUT2D eigenvalue weighted by Gasteiger charge is 2.29. The number of aromatic nitrogens is 1. The van der Waals surface area contributed by atoms with Crippen LogP contribution in [0.2, 0.25) is 0 Å². The standard InChI is InChI=1S/C14H17N2O5P/c15-13(6-7-14(17)18)22(19,20)9-11-8-12(21-16-11)10-4-2-1-3-5-10/h1-5,8,13H,6-7,9,15H2,(H,17,18)(H,19,20). The first-order valence-electron chi connectivity index (χ1n) is 6.68. The van der Waals surface area contributed by atoms with Crippen molar-refractivity contribution in [3.63, 3.8) is 0 Å². The molecule has 8 heteroatoms. The summed E-state index contributed by atoms with van der Waals surface area (Å²) in [7, 11) is -3.75. The maximum Gasteiger partial charge on any atom is 0.303 e. The first-order valence-corrected chi connectivity index (χ1v) is 8.60. The van der Waals surface area contributed by atoms with Crippen LogP contribution in [0.4, 0.5) is 0 Å². The van der Waals surface area contributed by atoms with E-state index in [1.807, 2.05) is 30.3 Å². The fourth-order valence-electron chi connectivity index (χ4n) is 1.95. The molecule has 2 aromatic rings. The Kier molecular flexibility index (Phi) is 5.13. The molecule has 0 aliphatic rings. The highest BCUT2D eigenvalue weighted by molar-refractivity contribution is 7.57. The fourth-order valence-corrected chi connectivity index (χ4v) is 3.33. The molecule has 1 aromatic carbocycles. The van der Waals surface area contributed by atoms with Crippen LogP contribution in [-0.2, 0) is 15.5 Å². The van der Waals surface area contributed by atoms with Gasteiger partial charge >= 0.3 is 5.97 Å². The molecule has 0 aliphatic carbocycles. The second-order valence-electron chi connectivity index (χ2n) is 4.96. The van der Waals surface area contributed by atoms with Gasteiger partial charge in [-0.15, -0.1) is 0 Å². The Hall–Kier alpha value is -1.95. The maximum absolute atomic E-state index is 12.2. The molecule has 2 rings (SSSR count). The van der Waals surface area contributed by atoms with Crippen LogP contribution >= 0.6 is 7.37 Å². The molecule has 22 heavy (non-hydrogen) atoms. The van der Waals surface area contributed by atoms with Gasteiger partial charge in [-0.1, -0.05) is 35.5 Å². The number of nitrogens with zero attached hydrogens (tertiary/aromatic N) is 1. The molecule has 7 nitrogen and oxygen atoms in total. The second-order valence-corrected chi connectivity index (χ2v) is 7.45. The summed E-state index contributed by atoms with van der Waals surface area (Å²) in [4.78, 5) is 20.5. The van der Waals surface area contributed by atoms with Crippen LogP contribution < -0.4 is 5.73 Å². The molecule has 118 valence electrons. The second kappa shape index (κ2) is 6.87. The van der Waals surface area contributed by atoms with Gasteiger partial charge in [-0.05, 0) is 6.42 Å². The summed E-state index contributed by atoms with van der Waals surface area (Å²) in [6.07, 6.45) is -0.559. The van der Waals surface area contributed by atoms with Gasteiger partial charge in [0, 0.05) is 18.1 Å². The zero-order chi connectivity index (χ0) is 16.2. The quantitative estimate of drug-likeness (QED) is 0.667. The third-order valence-corrected chi connectivity index (χ3v) is 5.25. The summed E-state index contributed by atoms with van der Waals surface area (Å²) in [5.41, 5.74) is 6.76. The third kappa shape index (κ3) is 4.27. The fraction of sp³-hybridized carbons (Fsp3) is 0.286. The van der Waals surface area contributed by atoms with Crippen LogP contribution in [0.25, 0.3) is 11.3 Å². The van der Waals surface area contributed by atoms with E-state index in [1.165, 1.54) is 0 Å². The Labute approximate surface area is 127 Å². The molecule has 0 bridgehead atoms. The van der Waals surface area contributed by atoms with E-state index in [2.05, 4.69) is 5.16 Å². The molecular weight excluding hydrogens is 307 g/mol. The van der Waals surface area contributed by atoms with Gasteiger partial charge in [0.05, 0.1) is 17.6 Å². The summed E-state index contributed by atoms with van der Waals surface area (Å²) in [5, 5.41) is 12.4. The van der Waals surface area contributed by atoms with E-state index >= 15 is 0 Å². The van der Waals surface area contributed by atoms with E-state index in [1.54, 1.807) is 6.07 Å². The lowest BCUT2D eigenvalue weighted by molar-refractivity contribution is -0.137. The average Bonchev–Trinajstić information content (AvgIpc) is 2.93. The number of carboxylic acid groups (broad SMARTS) is 1. The Morgan fingerprint density at radius 3 is 2.68 bits per heavy atom. The van der Waals surface area contributed by atoms with E-state index < -0.39 is 19.1 Å². The first kappa shape index (κ1) is 16.4. The minimum atomic E-state index is -3.75. The van der Waals surface area contributed by atoms with Gasteiger partial charge < -0.3 is 20.3 Å². The monoisotopic (exact) mass is 324 g/mol. The van der Waals surface area contributed by atoms with Crippen molar-refractivity contribution in [2.24, 2.45) is 5.73 Å². The number of rotatable bonds is 7. The molecule has 0 fully saturated rings. The van der Waals surface area contributed by atoms with Gasteiger partial charge in [0.2, 0.25) is 7.37 Å². The number of carboxylic acids is 1. The van der Waals surface area contributed by atoms with Crippen molar-refractivity contribution in [1.29, 1.82) is 0 Å². The highest BCUT2D eigenvalue weighted by Crippen LogP contribution is 2.49. The largest absolute Gasteiger partial charge is 0.481 e. The zero-order valence-electron chi connectivity index (χ0n) is 11.8. The van der Waals surface area contributed by atoms with Gasteiger partial charge in [0.25, 0.3) is 0 Å². The minimum Gasteiger partial charge on any atom is -0.481 e. The number of hydrogen-bond donors (Lipinski definition) is 3. The van der Waals surface area contributed by atoms with Crippen LogP contribution in [0.15, 0.2) is 40.9 Å². The number of nitrogens with two attached hydrogens (primary N) is 1. The van der Waals surface area contributed by atoms with Crippen LogP contribution in [0.1, 0.15) is 18.5 Å². The molecule has 2 atom stereocenters. The number of hydrogen-bond acceptors (Lipinski definition) is 5. The number of benzene rings is 1. The molecule has 1 aromatic heterocycles. The van der Waals surface area contributed by atoms with E-state index in [0.29, 0.717) is 11.5 Å². The van der Waals surface area contributed by atoms with Crippen LogP contribution in [0, 0.1) is 0 Å². The average molecular weight is 324 g/mol. The van der Waals surface area contributed by atoms with Gasteiger partial charge in [-0.25, -0.2) is 0 Å². The van der Waals surface area contributed by atoms with Crippen molar-refractivity contribution in [2.75, 3.05) is 0 Å². The molecule has 2 unspecified atom stereocenters. The van der Waals surface area contributed by atoms with Crippen molar-refractivity contribution in [2.45, 2.75) is 24.8 Å². The van der Waals surface area contributed by atoms with Crippen LogP contribution in [0.5, 0.6) is 0 Å². The molecule has 0 radical (unpaired) electrons. The van der Waals surface area contributed by atoms with Crippen molar-refractivity contribution in [1.82, 2.24) is 5.16 Å². The topological polar surface area (TPSA) is 127 Å². The zero-order valence-corrected chi connectivity index (χ0v) is 12.6. The lowest BCUT2D eigenvalue weighted by Gasteiger charge is -2.17. The van der Waals surface area contributed by atoms with Crippen molar-refractivity contribution in [3.8, 4) is 11.3 Å². The van der Waals surface area contributed by atoms with E-state index in [4.69, 9.17) is 15.4 Å². The SMILES string of the molecule is NC(CCC(=O)O)P(=O)(O)Cc1cc(-c2ccccc2)on1. The Morgan fingerprint density at radius 1 is 1.36 bits per heavy atom. The van der Waals surface area contributed by atoms with Gasteiger partial charge in [-0.2, -0.15) is 0 Å². The smallest absolute Gasteiger partial charge is 0.303 e. The highest BCUT2D eigenvalue weighted by atomic mass is 31.2. The van der Waals surface area contributed by atoms with E-state index in [0.717, 1.165) is 5.56 Å². The van der Waals surface area contributed by atoms with Crippen LogP contribution in [0.3, 0.4) is 0 Å². The lowest BCUT2D eigenvalue weighted by atomic mass is 10.2. The molecule has 0 spiro atoms. The van der Waals surface area contributed by atoms with Gasteiger partial charge in [-0.3, -0.25) is 9.36 Å². The summed E-state index contributed by atoms with van der Waals surface area (Å²) >= 11 is 0. The summed E-state index contributed by atoms with van der Waals surface area (Å²) < 4.78 is 17.4. The number of aliphatic carboxylic acids is 1. The molecule has 1 heterocycles. The van der Waals surface area contributed by atoms with Crippen molar-refractivity contribution in [3.05, 3.63) is 42.1 Å². The molecule has 0 aliphatic heterocycles. The molecule has 0 saturated heterocycles. The van der Waals surface area contributed by atoms with Crippen molar-refractivity contribution >= 4 is 13.3 Å². The predicted molar refractivity (Wildman–Crippen MR) is 80.3 cm³/mol. The molecule has 0 amide bonds.